The van der Waals surface area contributed by atoms with E-state index >= 15 is 0 Å². The predicted octanol–water partition coefficient (Wildman–Crippen LogP) is 3.89. The Bertz CT molecular complexity index is 1360. The van der Waals surface area contributed by atoms with Crippen LogP contribution in [0, 0.1) is 13.8 Å². The molecule has 4 rings (SSSR count). The van der Waals surface area contributed by atoms with Gasteiger partial charge < -0.3 is 29.0 Å². The number of ketones is 1. The molecule has 1 aliphatic rings. The predicted molar refractivity (Wildman–Crippen MR) is 133 cm³/mol. The number of aromatic nitrogens is 2. The zero-order chi connectivity index (χ0) is 25.4. The fraction of sp³-hybridized carbons (Fsp3) is 0.320. The van der Waals surface area contributed by atoms with Crippen LogP contribution < -0.4 is 4.74 Å². The molecule has 1 atom stereocenters. The number of fused-ring (bicyclic) bond motifs is 1. The van der Waals surface area contributed by atoms with E-state index in [0.29, 0.717) is 34.4 Å². The summed E-state index contributed by atoms with van der Waals surface area (Å²) in [4.78, 5) is 32.4. The summed E-state index contributed by atoms with van der Waals surface area (Å²) < 4.78 is 12.6. The van der Waals surface area contributed by atoms with Crippen LogP contribution in [-0.2, 0) is 14.3 Å². The number of aryl methyl sites for hydroxylation is 2. The first-order valence-corrected chi connectivity index (χ1v) is 11.8. The Morgan fingerprint density at radius 1 is 1.23 bits per heavy atom. The summed E-state index contributed by atoms with van der Waals surface area (Å²) in [6.45, 7) is 4.31. The van der Waals surface area contributed by atoms with Gasteiger partial charge in [-0.3, -0.25) is 9.59 Å². The van der Waals surface area contributed by atoms with E-state index < -0.39 is 17.7 Å². The van der Waals surface area contributed by atoms with E-state index in [2.05, 4.69) is 20.9 Å². The van der Waals surface area contributed by atoms with E-state index in [4.69, 9.17) is 9.47 Å². The minimum atomic E-state index is -0.914. The third-order valence-electron chi connectivity index (χ3n) is 6.18. The molecule has 184 valence electrons. The summed E-state index contributed by atoms with van der Waals surface area (Å²) in [5, 5.41) is 21.7. The van der Waals surface area contributed by atoms with Crippen molar-refractivity contribution in [1.82, 2.24) is 14.3 Å². The van der Waals surface area contributed by atoms with Crippen molar-refractivity contribution in [2.45, 2.75) is 26.3 Å². The lowest BCUT2D eigenvalue weighted by Gasteiger charge is -2.26. The minimum Gasteiger partial charge on any atom is -0.505 e. The number of halogens is 1. The number of nitrogens with zero attached hydrogens (tertiary/aromatic N) is 3. The first-order valence-electron chi connectivity index (χ1n) is 11.0. The molecule has 1 aliphatic heterocycles. The van der Waals surface area contributed by atoms with Gasteiger partial charge in [0.05, 0.1) is 28.9 Å². The largest absolute Gasteiger partial charge is 0.505 e. The summed E-state index contributed by atoms with van der Waals surface area (Å²) >= 11 is 3.31. The Kier molecular flexibility index (Phi) is 6.86. The van der Waals surface area contributed by atoms with Gasteiger partial charge in [0.1, 0.15) is 11.3 Å². The molecule has 1 unspecified atom stereocenters. The molecule has 0 bridgehead atoms. The normalized spacial score (nSPS) is 17.5. The maximum Gasteiger partial charge on any atom is 0.295 e. The SMILES string of the molecule is COCCCN1C(=O)C(=O)/C(=C(/O)c2nc3c(C)cccn3c2C)C1c1cc(Br)c(O)c(OC)c1. The van der Waals surface area contributed by atoms with Gasteiger partial charge in [0, 0.05) is 26.5 Å². The number of carbonyl (C=O) groups excluding carboxylic acids is 2. The number of pyridine rings is 1. The van der Waals surface area contributed by atoms with Crippen molar-refractivity contribution in [1.29, 1.82) is 0 Å². The lowest BCUT2D eigenvalue weighted by molar-refractivity contribution is -0.140. The van der Waals surface area contributed by atoms with Crippen LogP contribution in [0.25, 0.3) is 11.4 Å². The number of amides is 1. The Labute approximate surface area is 210 Å². The Morgan fingerprint density at radius 2 is 1.97 bits per heavy atom. The highest BCUT2D eigenvalue weighted by molar-refractivity contribution is 9.10. The molecular formula is C25H26BrN3O6. The number of Topliss-reactive ketones (excluding diaryl/α,β-unsaturated/α-hetero) is 1. The molecule has 1 fully saturated rings. The maximum atomic E-state index is 13.3. The average molecular weight is 544 g/mol. The van der Waals surface area contributed by atoms with Crippen LogP contribution in [0.4, 0.5) is 0 Å². The van der Waals surface area contributed by atoms with Crippen molar-refractivity contribution in [3.8, 4) is 11.5 Å². The molecular weight excluding hydrogens is 518 g/mol. The second-order valence-corrected chi connectivity index (χ2v) is 9.18. The summed E-state index contributed by atoms with van der Waals surface area (Å²) in [5.74, 6) is -1.84. The monoisotopic (exact) mass is 543 g/mol. The Morgan fingerprint density at radius 3 is 2.63 bits per heavy atom. The van der Waals surface area contributed by atoms with Crippen LogP contribution in [0.3, 0.4) is 0 Å². The number of benzene rings is 1. The molecule has 3 aromatic rings. The average Bonchev–Trinajstić information content (AvgIpc) is 3.31. The number of aliphatic hydroxyl groups is 1. The lowest BCUT2D eigenvalue weighted by Crippen LogP contribution is -2.31. The molecule has 9 nitrogen and oxygen atoms in total. The smallest absolute Gasteiger partial charge is 0.295 e. The highest BCUT2D eigenvalue weighted by Crippen LogP contribution is 2.44. The number of hydrogen-bond acceptors (Lipinski definition) is 7. The highest BCUT2D eigenvalue weighted by Gasteiger charge is 2.46. The molecule has 0 saturated carbocycles. The number of rotatable bonds is 7. The fourth-order valence-electron chi connectivity index (χ4n) is 4.42. The number of phenolic OH excluding ortho intramolecular Hbond substituents is 1. The molecule has 3 heterocycles. The fourth-order valence-corrected chi connectivity index (χ4v) is 4.88. The van der Waals surface area contributed by atoms with Crippen LogP contribution in [0.2, 0.25) is 0 Å². The van der Waals surface area contributed by atoms with Crippen molar-refractivity contribution in [3.05, 3.63) is 63.0 Å². The van der Waals surface area contributed by atoms with Gasteiger partial charge >= 0.3 is 0 Å². The van der Waals surface area contributed by atoms with Crippen LogP contribution in [0.5, 0.6) is 11.5 Å². The van der Waals surface area contributed by atoms with Gasteiger partial charge in [-0.2, -0.15) is 0 Å². The van der Waals surface area contributed by atoms with Gasteiger partial charge in [0.25, 0.3) is 11.7 Å². The third kappa shape index (κ3) is 4.17. The molecule has 1 saturated heterocycles. The number of ether oxygens (including phenoxy) is 2. The molecule has 1 amide bonds. The number of aliphatic hydroxyl groups excluding tert-OH is 1. The molecule has 0 spiro atoms. The van der Waals surface area contributed by atoms with Gasteiger partial charge in [0.2, 0.25) is 0 Å². The first-order chi connectivity index (χ1) is 16.7. The van der Waals surface area contributed by atoms with E-state index in [0.717, 1.165) is 5.56 Å². The van der Waals surface area contributed by atoms with Gasteiger partial charge in [-0.1, -0.05) is 6.07 Å². The Balaban J connectivity index is 1.95. The molecule has 0 radical (unpaired) electrons. The number of carbonyl (C=O) groups is 2. The zero-order valence-electron chi connectivity index (χ0n) is 19.8. The summed E-state index contributed by atoms with van der Waals surface area (Å²) in [5.41, 5.74) is 2.82. The van der Waals surface area contributed by atoms with Crippen molar-refractivity contribution < 1.29 is 29.3 Å². The zero-order valence-corrected chi connectivity index (χ0v) is 21.4. The van der Waals surface area contributed by atoms with Crippen molar-refractivity contribution in [2.75, 3.05) is 27.4 Å². The van der Waals surface area contributed by atoms with Gasteiger partial charge in [-0.05, 0) is 65.5 Å². The summed E-state index contributed by atoms with van der Waals surface area (Å²) in [6, 6.07) is 6.01. The van der Waals surface area contributed by atoms with Crippen LogP contribution >= 0.6 is 15.9 Å². The van der Waals surface area contributed by atoms with Gasteiger partial charge in [-0.25, -0.2) is 4.98 Å². The molecule has 0 aliphatic carbocycles. The first kappa shape index (κ1) is 24.7. The molecule has 1 aromatic carbocycles. The third-order valence-corrected chi connectivity index (χ3v) is 6.79. The second-order valence-electron chi connectivity index (χ2n) is 8.32. The number of imidazole rings is 1. The Hall–Kier alpha value is -3.37. The number of hydrogen-bond donors (Lipinski definition) is 2. The van der Waals surface area contributed by atoms with Crippen LogP contribution in [0.1, 0.15) is 35.0 Å². The maximum absolute atomic E-state index is 13.3. The molecule has 35 heavy (non-hydrogen) atoms. The number of methoxy groups -OCH3 is 2. The number of phenols is 1. The van der Waals surface area contributed by atoms with Crippen LogP contribution in [0.15, 0.2) is 40.5 Å². The molecule has 10 heteroatoms. The number of aromatic hydroxyl groups is 1. The van der Waals surface area contributed by atoms with E-state index in [1.54, 1.807) is 26.2 Å². The highest BCUT2D eigenvalue weighted by atomic mass is 79.9. The van der Waals surface area contributed by atoms with E-state index in [1.807, 2.05) is 29.7 Å². The van der Waals surface area contributed by atoms with Crippen molar-refractivity contribution >= 4 is 39.0 Å². The standard InChI is InChI=1S/C25H26BrN3O6/c1-13-7-5-8-28-14(2)19(27-24(13)28)22(31)18-20(15-11-16(26)21(30)17(12-15)35-4)29(9-6-10-34-3)25(33)23(18)32/h5,7-8,11-12,20,30-31H,6,9-10H2,1-4H3/b22-18+. The van der Waals surface area contributed by atoms with E-state index in [-0.39, 0.29) is 35.1 Å². The second kappa shape index (κ2) is 9.71. The van der Waals surface area contributed by atoms with Gasteiger partial charge in [0.15, 0.2) is 17.3 Å². The quantitative estimate of drug-likeness (QED) is 0.201. The van der Waals surface area contributed by atoms with Crippen molar-refractivity contribution in [2.24, 2.45) is 0 Å². The summed E-state index contributed by atoms with van der Waals surface area (Å²) in [7, 11) is 2.96. The minimum absolute atomic E-state index is 0.0729. The molecule has 2 aromatic heterocycles. The van der Waals surface area contributed by atoms with Crippen molar-refractivity contribution in [3.63, 3.8) is 0 Å². The topological polar surface area (TPSA) is 114 Å². The van der Waals surface area contributed by atoms with E-state index in [1.165, 1.54) is 12.0 Å². The lowest BCUT2D eigenvalue weighted by atomic mass is 9.96. The molecule has 2 N–H and O–H groups in total. The summed E-state index contributed by atoms with van der Waals surface area (Å²) in [6.07, 6.45) is 2.31. The van der Waals surface area contributed by atoms with Gasteiger partial charge in [-0.15, -0.1) is 0 Å². The van der Waals surface area contributed by atoms with E-state index in [9.17, 15) is 19.8 Å². The van der Waals surface area contributed by atoms with Crippen LogP contribution in [-0.4, -0.2) is 63.6 Å². The number of likely N-dealkylation sites (tertiary alicyclic amines) is 1.